The molecule has 6 rings (SSSR count). The number of carbonyl (C=O) groups is 2. The van der Waals surface area contributed by atoms with E-state index in [1.54, 1.807) is 25.3 Å². The van der Waals surface area contributed by atoms with Crippen LogP contribution in [0.25, 0.3) is 16.8 Å². The van der Waals surface area contributed by atoms with Gasteiger partial charge in [0.1, 0.15) is 5.75 Å². The predicted molar refractivity (Wildman–Crippen MR) is 164 cm³/mol. The molecule has 3 aromatic rings. The van der Waals surface area contributed by atoms with Crippen molar-refractivity contribution in [2.24, 2.45) is 17.8 Å². The van der Waals surface area contributed by atoms with E-state index in [1.807, 2.05) is 48.5 Å². The van der Waals surface area contributed by atoms with Crippen molar-refractivity contribution in [3.63, 3.8) is 0 Å². The number of carbonyl (C=O) groups excluding carboxylic acids is 2. The molecule has 2 amide bonds. The van der Waals surface area contributed by atoms with Gasteiger partial charge in [0.05, 0.1) is 30.2 Å². The second-order valence-electron chi connectivity index (χ2n) is 11.5. The fourth-order valence-corrected chi connectivity index (χ4v) is 7.22. The lowest BCUT2D eigenvalue weighted by Crippen LogP contribution is -2.46. The Labute approximate surface area is 246 Å². The van der Waals surface area contributed by atoms with E-state index >= 15 is 0 Å². The van der Waals surface area contributed by atoms with Gasteiger partial charge < -0.3 is 19.5 Å². The summed E-state index contributed by atoms with van der Waals surface area (Å²) in [6.07, 6.45) is 4.72. The summed E-state index contributed by atoms with van der Waals surface area (Å²) in [5.41, 5.74) is 4.86. The molecule has 4 atom stereocenters. The summed E-state index contributed by atoms with van der Waals surface area (Å²) in [6, 6.07) is 20.6. The lowest BCUT2D eigenvalue weighted by Gasteiger charge is -2.43. The lowest BCUT2D eigenvalue weighted by atomic mass is 9.58. The highest BCUT2D eigenvalue weighted by molar-refractivity contribution is 6.43. The molecule has 2 fully saturated rings. The highest BCUT2D eigenvalue weighted by Gasteiger charge is 2.57. The normalized spacial score (nSPS) is 24.4. The van der Waals surface area contributed by atoms with Gasteiger partial charge in [-0.05, 0) is 78.2 Å². The molecule has 0 radical (unpaired) electrons. The highest BCUT2D eigenvalue weighted by Crippen LogP contribution is 2.51. The molecule has 3 aliphatic rings. The molecule has 1 aliphatic carbocycles. The van der Waals surface area contributed by atoms with Crippen molar-refractivity contribution < 1.29 is 29.1 Å². The number of allylic oxidation sites excluding steroid dienone is 1. The Balaban J connectivity index is 1.30. The molecule has 8 heteroatoms. The van der Waals surface area contributed by atoms with Gasteiger partial charge in [-0.15, -0.1) is 0 Å². The van der Waals surface area contributed by atoms with Crippen LogP contribution >= 0.6 is 0 Å². The maximum atomic E-state index is 13.8. The van der Waals surface area contributed by atoms with Crippen LogP contribution in [0.15, 0.2) is 83.4 Å². The molecule has 0 aromatic heterocycles. The molecule has 2 heterocycles. The molecule has 2 saturated heterocycles. The first-order valence-electron chi connectivity index (χ1n) is 14.8. The van der Waals surface area contributed by atoms with Crippen LogP contribution in [0.5, 0.6) is 5.75 Å². The average Bonchev–Trinajstić information content (AvgIpc) is 3.25. The van der Waals surface area contributed by atoms with Crippen LogP contribution in [0.3, 0.4) is 0 Å². The minimum absolute atomic E-state index is 0.182. The van der Waals surface area contributed by atoms with Gasteiger partial charge in [-0.1, -0.05) is 67.1 Å². The third kappa shape index (κ3) is 5.08. The number of ether oxygens (including phenoxy) is 1. The number of phenols is 1. The number of methoxy groups -OCH3 is 1. The standard InChI is InChI=1S/C34H36BNO6/c1-3-21(17-22-14-15-29(37)26-12-8-7-11-25(22)26)13-16-30-31-23(20-41-2)18-27-32(28(31)19-35(40)42-30)34(39)36(33(27)38)24-9-5-4-6-10-24/h4-12,14-15,17,27-28,30,32,37,40H,3,13,16,18-20H2,1-2H3/b21-17+/t27-,28+,30-,32-/m1/s1. The van der Waals surface area contributed by atoms with E-state index in [1.165, 1.54) is 10.5 Å². The van der Waals surface area contributed by atoms with E-state index in [2.05, 4.69) is 13.0 Å². The Morgan fingerprint density at radius 2 is 1.76 bits per heavy atom. The number of aromatic hydroxyl groups is 1. The molecule has 3 aromatic carbocycles. The van der Waals surface area contributed by atoms with E-state index in [0.717, 1.165) is 40.3 Å². The fraction of sp³-hybridized carbons (Fsp3) is 0.353. The molecule has 2 aliphatic heterocycles. The number of nitrogens with zero attached hydrogens (tertiary/aromatic N) is 1. The van der Waals surface area contributed by atoms with Gasteiger partial charge in [-0.25, -0.2) is 0 Å². The second kappa shape index (κ2) is 11.9. The molecule has 216 valence electrons. The summed E-state index contributed by atoms with van der Waals surface area (Å²) in [6.45, 7) is 2.48. The number of hydrogen-bond donors (Lipinski definition) is 2. The maximum absolute atomic E-state index is 13.8. The Bertz CT molecular complexity index is 1570. The van der Waals surface area contributed by atoms with Crippen molar-refractivity contribution in [2.45, 2.75) is 45.0 Å². The van der Waals surface area contributed by atoms with Crippen molar-refractivity contribution in [1.82, 2.24) is 0 Å². The van der Waals surface area contributed by atoms with Gasteiger partial charge in [0.25, 0.3) is 0 Å². The van der Waals surface area contributed by atoms with E-state index in [-0.39, 0.29) is 35.9 Å². The van der Waals surface area contributed by atoms with Crippen molar-refractivity contribution in [2.75, 3.05) is 18.6 Å². The smallest absolute Gasteiger partial charge is 0.455 e. The van der Waals surface area contributed by atoms with Crippen LogP contribution in [-0.4, -0.2) is 48.9 Å². The second-order valence-corrected chi connectivity index (χ2v) is 11.5. The Morgan fingerprint density at radius 3 is 2.50 bits per heavy atom. The fourth-order valence-electron chi connectivity index (χ4n) is 7.22. The maximum Gasteiger partial charge on any atom is 0.455 e. The molecule has 0 unspecified atom stereocenters. The van der Waals surface area contributed by atoms with E-state index in [9.17, 15) is 19.7 Å². The Kier molecular flexibility index (Phi) is 8.03. The number of amides is 2. The number of anilines is 1. The lowest BCUT2D eigenvalue weighted by molar-refractivity contribution is -0.122. The summed E-state index contributed by atoms with van der Waals surface area (Å²) < 4.78 is 11.7. The van der Waals surface area contributed by atoms with Crippen molar-refractivity contribution in [3.8, 4) is 5.75 Å². The number of hydrogen-bond acceptors (Lipinski definition) is 6. The first-order valence-corrected chi connectivity index (χ1v) is 14.8. The minimum atomic E-state index is -1.02. The largest absolute Gasteiger partial charge is 0.507 e. The number of rotatable bonds is 8. The zero-order valence-corrected chi connectivity index (χ0v) is 24.0. The van der Waals surface area contributed by atoms with Crippen LogP contribution in [0, 0.1) is 17.8 Å². The molecule has 42 heavy (non-hydrogen) atoms. The summed E-state index contributed by atoms with van der Waals surface area (Å²) in [4.78, 5) is 28.8. The van der Waals surface area contributed by atoms with Crippen LogP contribution in [0.1, 0.15) is 38.2 Å². The monoisotopic (exact) mass is 565 g/mol. The van der Waals surface area contributed by atoms with Gasteiger partial charge in [0, 0.05) is 12.5 Å². The third-order valence-electron chi connectivity index (χ3n) is 9.12. The van der Waals surface area contributed by atoms with Gasteiger partial charge in [0.2, 0.25) is 11.8 Å². The van der Waals surface area contributed by atoms with Crippen molar-refractivity contribution in [3.05, 3.63) is 89.0 Å². The summed E-state index contributed by atoms with van der Waals surface area (Å²) in [7, 11) is 0.620. The third-order valence-corrected chi connectivity index (χ3v) is 9.12. The van der Waals surface area contributed by atoms with Gasteiger partial charge in [-0.3, -0.25) is 14.5 Å². The number of fused-ring (bicyclic) bond motifs is 4. The van der Waals surface area contributed by atoms with Crippen LogP contribution in [0.2, 0.25) is 6.32 Å². The molecular formula is C34H36BNO6. The summed E-state index contributed by atoms with van der Waals surface area (Å²) in [5, 5.41) is 23.0. The van der Waals surface area contributed by atoms with Crippen LogP contribution in [-0.2, 0) is 19.0 Å². The number of para-hydroxylation sites is 1. The van der Waals surface area contributed by atoms with Crippen LogP contribution < -0.4 is 4.90 Å². The Morgan fingerprint density at radius 1 is 1.02 bits per heavy atom. The number of phenolic OH excluding ortho intramolecular Hbond substituents is 1. The zero-order valence-electron chi connectivity index (χ0n) is 24.0. The van der Waals surface area contributed by atoms with Gasteiger partial charge in [-0.2, -0.15) is 0 Å². The molecule has 0 spiro atoms. The van der Waals surface area contributed by atoms with E-state index < -0.39 is 19.0 Å². The molecule has 2 N–H and O–H groups in total. The van der Waals surface area contributed by atoms with E-state index in [4.69, 9.17) is 9.39 Å². The first kappa shape index (κ1) is 28.4. The topological polar surface area (TPSA) is 96.3 Å². The zero-order chi connectivity index (χ0) is 29.4. The van der Waals surface area contributed by atoms with Gasteiger partial charge in [0.15, 0.2) is 0 Å². The summed E-state index contributed by atoms with van der Waals surface area (Å²) in [5.74, 6) is -1.41. The Hall–Kier alpha value is -3.72. The molecule has 0 saturated carbocycles. The summed E-state index contributed by atoms with van der Waals surface area (Å²) >= 11 is 0. The van der Waals surface area contributed by atoms with Crippen molar-refractivity contribution >= 4 is 41.5 Å². The van der Waals surface area contributed by atoms with E-state index in [0.29, 0.717) is 25.1 Å². The van der Waals surface area contributed by atoms with Gasteiger partial charge >= 0.3 is 7.12 Å². The number of benzene rings is 3. The predicted octanol–water partition coefficient (Wildman–Crippen LogP) is 5.77. The molecule has 7 nitrogen and oxygen atoms in total. The highest BCUT2D eigenvalue weighted by atomic mass is 16.5. The quantitative estimate of drug-likeness (QED) is 0.205. The molecule has 0 bridgehead atoms. The number of imide groups is 1. The minimum Gasteiger partial charge on any atom is -0.507 e. The van der Waals surface area contributed by atoms with Crippen LogP contribution in [0.4, 0.5) is 5.69 Å². The first-order chi connectivity index (χ1) is 20.4. The average molecular weight is 565 g/mol. The SMILES string of the molecule is CC/C(=C\c1ccc(O)c2ccccc12)CC[C@H]1OB(O)C[C@H]2C1=C(COC)C[C@H]1C(=O)N(c3ccccc3)C(=O)[C@H]12. The molecular weight excluding hydrogens is 529 g/mol. The van der Waals surface area contributed by atoms with Crippen molar-refractivity contribution in [1.29, 1.82) is 0 Å².